The first-order valence-electron chi connectivity index (χ1n) is 15.1. The molecule has 0 rings (SSSR count). The van der Waals surface area contributed by atoms with Gasteiger partial charge in [0.2, 0.25) is 0 Å². The summed E-state index contributed by atoms with van der Waals surface area (Å²) in [4.78, 5) is 0. The molecule has 0 aromatic heterocycles. The third kappa shape index (κ3) is 28.0. The Morgan fingerprint density at radius 2 is 0.516 bits per heavy atom. The van der Waals surface area contributed by atoms with E-state index in [1.54, 1.807) is 0 Å². The molecule has 0 amide bonds. The van der Waals surface area contributed by atoms with Gasteiger partial charge in [0, 0.05) is 0 Å². The number of hydrogen-bond donors (Lipinski definition) is 0. The van der Waals surface area contributed by atoms with Crippen LogP contribution in [-0.4, -0.2) is 0 Å². The van der Waals surface area contributed by atoms with Gasteiger partial charge in [0.25, 0.3) is 0 Å². The van der Waals surface area contributed by atoms with Crippen molar-refractivity contribution in [2.45, 2.75) is 187 Å². The molecule has 0 heteroatoms. The van der Waals surface area contributed by atoms with E-state index in [1.807, 2.05) is 0 Å². The van der Waals surface area contributed by atoms with Gasteiger partial charge >= 0.3 is 0 Å². The maximum absolute atomic E-state index is 4.41. The van der Waals surface area contributed by atoms with Crippen molar-refractivity contribution in [3.05, 3.63) is 6.92 Å². The summed E-state index contributed by atoms with van der Waals surface area (Å²) in [5, 5.41) is 0. The Hall–Kier alpha value is 0. The van der Waals surface area contributed by atoms with E-state index >= 15 is 0 Å². The Bertz CT molecular complexity index is 294. The third-order valence-electron chi connectivity index (χ3n) is 7.18. The molecule has 0 aliphatic rings. The number of rotatable bonds is 27. The third-order valence-corrected chi connectivity index (χ3v) is 7.18. The van der Waals surface area contributed by atoms with E-state index in [2.05, 4.69) is 20.8 Å². The van der Waals surface area contributed by atoms with Gasteiger partial charge in [0.05, 0.1) is 0 Å². The Balaban J connectivity index is 3.11. The van der Waals surface area contributed by atoms with Gasteiger partial charge in [-0.3, -0.25) is 0 Å². The molecule has 0 spiro atoms. The van der Waals surface area contributed by atoms with Crippen LogP contribution in [0, 0.1) is 12.8 Å². The van der Waals surface area contributed by atoms with Crippen molar-refractivity contribution < 1.29 is 0 Å². The van der Waals surface area contributed by atoms with Gasteiger partial charge in [-0.25, -0.2) is 0 Å². The van der Waals surface area contributed by atoms with Crippen LogP contribution in [0.4, 0.5) is 0 Å². The second-order valence-electron chi connectivity index (χ2n) is 10.6. The van der Waals surface area contributed by atoms with E-state index in [0.29, 0.717) is 0 Å². The van der Waals surface area contributed by atoms with Crippen molar-refractivity contribution in [2.75, 3.05) is 0 Å². The van der Waals surface area contributed by atoms with Crippen LogP contribution in [0.2, 0.25) is 0 Å². The maximum Gasteiger partial charge on any atom is -0.0414 e. The van der Waals surface area contributed by atoms with E-state index in [0.717, 1.165) is 5.92 Å². The summed E-state index contributed by atoms with van der Waals surface area (Å²) in [6, 6.07) is 0. The Morgan fingerprint density at radius 3 is 0.742 bits per heavy atom. The zero-order valence-corrected chi connectivity index (χ0v) is 22.4. The van der Waals surface area contributed by atoms with E-state index in [-0.39, 0.29) is 0 Å². The van der Waals surface area contributed by atoms with Crippen LogP contribution in [-0.2, 0) is 0 Å². The summed E-state index contributed by atoms with van der Waals surface area (Å²) < 4.78 is 0. The molecule has 0 saturated carbocycles. The van der Waals surface area contributed by atoms with Crippen molar-refractivity contribution in [1.82, 2.24) is 0 Å². The monoisotopic (exact) mass is 435 g/mol. The highest BCUT2D eigenvalue weighted by Gasteiger charge is 2.02. The Kier molecular flexibility index (Phi) is 28.0. The van der Waals surface area contributed by atoms with Crippen LogP contribution < -0.4 is 0 Å². The highest BCUT2D eigenvalue weighted by Crippen LogP contribution is 2.19. The fourth-order valence-corrected chi connectivity index (χ4v) is 4.87. The summed E-state index contributed by atoms with van der Waals surface area (Å²) >= 11 is 0. The van der Waals surface area contributed by atoms with Gasteiger partial charge in [-0.1, -0.05) is 194 Å². The van der Waals surface area contributed by atoms with Gasteiger partial charge in [-0.05, 0) is 5.92 Å². The van der Waals surface area contributed by atoms with Gasteiger partial charge in [-0.15, -0.1) is 0 Å². The van der Waals surface area contributed by atoms with Crippen LogP contribution in [0.3, 0.4) is 0 Å². The molecule has 0 bridgehead atoms. The minimum absolute atomic E-state index is 0.719. The van der Waals surface area contributed by atoms with Gasteiger partial charge in [-0.2, -0.15) is 0 Å². The molecule has 31 heavy (non-hydrogen) atoms. The molecule has 1 radical (unpaired) electrons. The average Bonchev–Trinajstić information content (AvgIpc) is 2.77. The molecule has 0 aliphatic carbocycles. The fraction of sp³-hybridized carbons (Fsp3) is 0.968. The smallest absolute Gasteiger partial charge is 0.0414 e. The molecule has 1 unspecified atom stereocenters. The average molecular weight is 436 g/mol. The molecular weight excluding hydrogens is 372 g/mol. The topological polar surface area (TPSA) is 0 Å². The van der Waals surface area contributed by atoms with E-state index in [1.165, 1.54) is 173 Å². The Labute approximate surface area is 200 Å². The predicted octanol–water partition coefficient (Wildman–Crippen LogP) is 12.0. The minimum atomic E-state index is 0.719. The molecule has 0 saturated heterocycles. The van der Waals surface area contributed by atoms with E-state index in [4.69, 9.17) is 0 Å². The van der Waals surface area contributed by atoms with Crippen molar-refractivity contribution in [3.8, 4) is 0 Å². The second kappa shape index (κ2) is 28.0. The van der Waals surface area contributed by atoms with Crippen molar-refractivity contribution in [1.29, 1.82) is 0 Å². The van der Waals surface area contributed by atoms with E-state index < -0.39 is 0 Å². The first-order chi connectivity index (χ1) is 15.3. The number of unbranched alkanes of at least 4 members (excludes halogenated alkanes) is 23. The summed E-state index contributed by atoms with van der Waals surface area (Å²) in [6.07, 6.45) is 39.1. The maximum atomic E-state index is 4.41. The van der Waals surface area contributed by atoms with Crippen LogP contribution in [0.15, 0.2) is 0 Å². The lowest BCUT2D eigenvalue weighted by Crippen LogP contribution is -1.95. The summed E-state index contributed by atoms with van der Waals surface area (Å²) in [7, 11) is 0. The van der Waals surface area contributed by atoms with Crippen molar-refractivity contribution >= 4 is 0 Å². The molecule has 0 aromatic carbocycles. The number of hydrogen-bond acceptors (Lipinski definition) is 0. The van der Waals surface area contributed by atoms with Gasteiger partial charge < -0.3 is 0 Å². The quantitative estimate of drug-likeness (QED) is 0.112. The zero-order valence-electron chi connectivity index (χ0n) is 22.4. The summed E-state index contributed by atoms with van der Waals surface area (Å²) in [5.74, 6) is 0.719. The zero-order chi connectivity index (χ0) is 22.7. The molecule has 0 N–H and O–H groups in total. The first-order valence-corrected chi connectivity index (χ1v) is 15.1. The standard InChI is InChI=1S/C31H63/c1-4-6-8-10-12-14-15-16-17-18-19-20-22-24-26-28-30-31(3)29-27-25-23-21-13-11-9-7-5-2/h31H,3-30H2,1-2H3. The first kappa shape index (κ1) is 31.0. The van der Waals surface area contributed by atoms with Crippen LogP contribution in [0.5, 0.6) is 0 Å². The van der Waals surface area contributed by atoms with Crippen LogP contribution in [0.1, 0.15) is 187 Å². The minimum Gasteiger partial charge on any atom is -0.0654 e. The van der Waals surface area contributed by atoms with Crippen LogP contribution in [0.25, 0.3) is 0 Å². The van der Waals surface area contributed by atoms with E-state index in [9.17, 15) is 0 Å². The van der Waals surface area contributed by atoms with Gasteiger partial charge in [0.15, 0.2) is 0 Å². The lowest BCUT2D eigenvalue weighted by molar-refractivity contribution is 0.459. The highest BCUT2D eigenvalue weighted by molar-refractivity contribution is 4.62. The lowest BCUT2D eigenvalue weighted by Gasteiger charge is -2.11. The van der Waals surface area contributed by atoms with Crippen molar-refractivity contribution in [3.63, 3.8) is 0 Å². The van der Waals surface area contributed by atoms with Crippen molar-refractivity contribution in [2.24, 2.45) is 5.92 Å². The second-order valence-corrected chi connectivity index (χ2v) is 10.6. The molecule has 0 fully saturated rings. The molecule has 0 aromatic rings. The van der Waals surface area contributed by atoms with Gasteiger partial charge in [0.1, 0.15) is 0 Å². The fourth-order valence-electron chi connectivity index (χ4n) is 4.87. The Morgan fingerprint density at radius 1 is 0.323 bits per heavy atom. The van der Waals surface area contributed by atoms with Crippen LogP contribution >= 0.6 is 0 Å². The SMILES string of the molecule is [CH2]C(CCCCCCCCCCC)CCCCCCCCCCCCCCCCCC. The molecular formula is C31H63. The highest BCUT2D eigenvalue weighted by atomic mass is 14.1. The summed E-state index contributed by atoms with van der Waals surface area (Å²) in [5.41, 5.74) is 0. The predicted molar refractivity (Wildman–Crippen MR) is 145 cm³/mol. The lowest BCUT2D eigenvalue weighted by atomic mass is 9.95. The summed E-state index contributed by atoms with van der Waals surface area (Å²) in [6.45, 7) is 9.02. The molecule has 187 valence electrons. The molecule has 0 aliphatic heterocycles. The largest absolute Gasteiger partial charge is 0.0654 e. The molecule has 1 atom stereocenters. The molecule has 0 heterocycles. The molecule has 0 nitrogen and oxygen atoms in total. The normalized spacial score (nSPS) is 12.5.